The summed E-state index contributed by atoms with van der Waals surface area (Å²) in [6.45, 7) is 0. The number of fused-ring (bicyclic) bond motifs is 5. The summed E-state index contributed by atoms with van der Waals surface area (Å²) in [6.07, 6.45) is 2.44. The molecular weight excluding hydrogens is 390 g/mol. The van der Waals surface area contributed by atoms with Gasteiger partial charge >= 0.3 is 0 Å². The number of hydrogen-bond acceptors (Lipinski definition) is 2. The molecule has 2 nitrogen and oxygen atoms in total. The van der Waals surface area contributed by atoms with Crippen LogP contribution in [0.5, 0.6) is 0 Å². The first-order valence-corrected chi connectivity index (χ1v) is 8.14. The van der Waals surface area contributed by atoms with Gasteiger partial charge in [0.1, 0.15) is 6.04 Å². The van der Waals surface area contributed by atoms with Crippen LogP contribution in [0.2, 0.25) is 0 Å². The maximum atomic E-state index is 10.9. The Morgan fingerprint density at radius 2 is 1.67 bits per heavy atom. The molecule has 0 aromatic carbocycles. The van der Waals surface area contributed by atoms with Crippen molar-refractivity contribution in [3.05, 3.63) is 4.91 Å². The summed E-state index contributed by atoms with van der Waals surface area (Å²) in [5.41, 5.74) is 0. The molecule has 3 aliphatic rings. The van der Waals surface area contributed by atoms with Gasteiger partial charge in [0.05, 0.1) is 0 Å². The molecular formula is C10H12Br3NO. The van der Waals surface area contributed by atoms with Gasteiger partial charge in [-0.05, 0) is 36.5 Å². The highest BCUT2D eigenvalue weighted by Crippen LogP contribution is 2.63. The number of nitroso groups, excluding NO2 is 1. The molecule has 3 rings (SSSR count). The molecule has 0 spiro atoms. The molecule has 8 atom stereocenters. The lowest BCUT2D eigenvalue weighted by Crippen LogP contribution is -2.38. The minimum atomic E-state index is 0.00843. The van der Waals surface area contributed by atoms with Gasteiger partial charge in [-0.25, -0.2) is 0 Å². The predicted octanol–water partition coefficient (Wildman–Crippen LogP) is 3.70. The van der Waals surface area contributed by atoms with E-state index in [4.69, 9.17) is 0 Å². The minimum Gasteiger partial charge on any atom is -0.150 e. The summed E-state index contributed by atoms with van der Waals surface area (Å²) >= 11 is 11.2. The highest BCUT2D eigenvalue weighted by molar-refractivity contribution is 9.12. The zero-order valence-electron chi connectivity index (χ0n) is 8.02. The van der Waals surface area contributed by atoms with E-state index >= 15 is 0 Å². The second-order valence-electron chi connectivity index (χ2n) is 5.04. The Kier molecular flexibility index (Phi) is 2.80. The molecule has 0 aromatic rings. The van der Waals surface area contributed by atoms with Crippen LogP contribution in [0.4, 0.5) is 0 Å². The van der Waals surface area contributed by atoms with Crippen LogP contribution in [-0.2, 0) is 0 Å². The number of rotatable bonds is 1. The Morgan fingerprint density at radius 3 is 2.33 bits per heavy atom. The molecule has 15 heavy (non-hydrogen) atoms. The van der Waals surface area contributed by atoms with E-state index < -0.39 is 0 Å². The van der Waals surface area contributed by atoms with Crippen LogP contribution in [0.3, 0.4) is 0 Å². The Hall–Kier alpha value is 1.04. The molecule has 0 radical (unpaired) electrons. The lowest BCUT2D eigenvalue weighted by molar-refractivity contribution is 0.248. The summed E-state index contributed by atoms with van der Waals surface area (Å²) in [5.74, 6) is 2.63. The van der Waals surface area contributed by atoms with Crippen LogP contribution in [-0.4, -0.2) is 20.5 Å². The van der Waals surface area contributed by atoms with Crippen molar-refractivity contribution in [2.24, 2.45) is 28.8 Å². The van der Waals surface area contributed by atoms with Gasteiger partial charge in [0.15, 0.2) is 0 Å². The number of halogens is 3. The summed E-state index contributed by atoms with van der Waals surface area (Å²) in [7, 11) is 0. The van der Waals surface area contributed by atoms with Crippen molar-refractivity contribution >= 4 is 47.8 Å². The van der Waals surface area contributed by atoms with E-state index in [1.807, 2.05) is 0 Å². The van der Waals surface area contributed by atoms with Gasteiger partial charge in [-0.1, -0.05) is 53.0 Å². The van der Waals surface area contributed by atoms with Crippen LogP contribution in [0.25, 0.3) is 0 Å². The fourth-order valence-electron chi connectivity index (χ4n) is 4.04. The molecule has 0 aromatic heterocycles. The van der Waals surface area contributed by atoms with Crippen LogP contribution in [0.1, 0.15) is 12.8 Å². The Morgan fingerprint density at radius 1 is 0.933 bits per heavy atom. The van der Waals surface area contributed by atoms with Crippen LogP contribution in [0.15, 0.2) is 5.18 Å². The van der Waals surface area contributed by atoms with Crippen LogP contribution in [0, 0.1) is 28.6 Å². The third kappa shape index (κ3) is 1.38. The van der Waals surface area contributed by atoms with E-state index in [2.05, 4.69) is 53.0 Å². The van der Waals surface area contributed by atoms with E-state index in [0.29, 0.717) is 32.2 Å². The van der Waals surface area contributed by atoms with E-state index in [1.165, 1.54) is 12.8 Å². The van der Waals surface area contributed by atoms with Crippen molar-refractivity contribution in [3.8, 4) is 0 Å². The lowest BCUT2D eigenvalue weighted by atomic mass is 9.79. The van der Waals surface area contributed by atoms with Gasteiger partial charge < -0.3 is 0 Å². The van der Waals surface area contributed by atoms with E-state index in [9.17, 15) is 4.91 Å². The van der Waals surface area contributed by atoms with Gasteiger partial charge in [0.2, 0.25) is 0 Å². The average molecular weight is 402 g/mol. The molecule has 0 N–H and O–H groups in total. The fraction of sp³-hybridized carbons (Fsp3) is 1.00. The van der Waals surface area contributed by atoms with Crippen molar-refractivity contribution in [1.82, 2.24) is 0 Å². The molecule has 0 saturated heterocycles. The van der Waals surface area contributed by atoms with Crippen LogP contribution < -0.4 is 0 Å². The van der Waals surface area contributed by atoms with Gasteiger partial charge in [-0.3, -0.25) is 0 Å². The minimum absolute atomic E-state index is 0.00843. The normalized spacial score (nSPS) is 62.1. The Balaban J connectivity index is 1.92. The van der Waals surface area contributed by atoms with E-state index in [-0.39, 0.29) is 6.04 Å². The monoisotopic (exact) mass is 399 g/mol. The number of alkyl halides is 3. The third-order valence-electron chi connectivity index (χ3n) is 4.59. The van der Waals surface area contributed by atoms with Crippen molar-refractivity contribution in [2.75, 3.05) is 0 Å². The zero-order chi connectivity index (χ0) is 10.7. The van der Waals surface area contributed by atoms with E-state index in [0.717, 1.165) is 5.92 Å². The Labute approximate surface area is 114 Å². The maximum absolute atomic E-state index is 10.9. The summed E-state index contributed by atoms with van der Waals surface area (Å²) in [6, 6.07) is 0.00843. The largest absolute Gasteiger partial charge is 0.150 e. The number of nitrogens with zero attached hydrogens (tertiary/aromatic N) is 1. The van der Waals surface area contributed by atoms with Gasteiger partial charge in [0, 0.05) is 14.5 Å². The molecule has 3 aliphatic carbocycles. The molecule has 3 saturated carbocycles. The smallest absolute Gasteiger partial charge is 0.108 e. The summed E-state index contributed by atoms with van der Waals surface area (Å²) in [4.78, 5) is 12.3. The second kappa shape index (κ2) is 3.77. The maximum Gasteiger partial charge on any atom is 0.108 e. The SMILES string of the molecule is O=N[C@@H]1[C@H](Br)[C@@H]2C[C@@H]1[C@H]1[C@@H](Br)[C@@H](Br)C[C@@H]21. The third-order valence-corrected chi connectivity index (χ3v) is 8.71. The highest BCUT2D eigenvalue weighted by atomic mass is 79.9. The summed E-state index contributed by atoms with van der Waals surface area (Å²) < 4.78 is 0. The van der Waals surface area contributed by atoms with Crippen LogP contribution >= 0.6 is 47.8 Å². The molecule has 84 valence electrons. The molecule has 0 unspecified atom stereocenters. The molecule has 5 heteroatoms. The van der Waals surface area contributed by atoms with Gasteiger partial charge in [-0.15, -0.1) is 0 Å². The molecule has 0 amide bonds. The van der Waals surface area contributed by atoms with Gasteiger partial charge in [-0.2, -0.15) is 4.91 Å². The standard InChI is InChI=1S/C10H12Br3NO/c11-6-2-3-4-1-5(7(3)9(6)13)10(14-15)8(4)12/h3-10H,1-2H2/t3-,4+,5+,6-,7-,8+,9-,10-/m0/s1. The molecule has 2 bridgehead atoms. The lowest BCUT2D eigenvalue weighted by Gasteiger charge is -2.32. The molecule has 0 aliphatic heterocycles. The first-order valence-electron chi connectivity index (χ1n) is 5.40. The van der Waals surface area contributed by atoms with Gasteiger partial charge in [0.25, 0.3) is 0 Å². The van der Waals surface area contributed by atoms with Crippen molar-refractivity contribution in [1.29, 1.82) is 0 Å². The summed E-state index contributed by atoms with van der Waals surface area (Å²) in [5, 5.41) is 3.34. The fourth-order valence-corrected chi connectivity index (χ4v) is 6.92. The van der Waals surface area contributed by atoms with Crippen molar-refractivity contribution < 1.29 is 0 Å². The topological polar surface area (TPSA) is 29.4 Å². The van der Waals surface area contributed by atoms with Crippen molar-refractivity contribution in [2.45, 2.75) is 33.4 Å². The molecule has 0 heterocycles. The highest BCUT2D eigenvalue weighted by Gasteiger charge is 2.63. The Bertz CT molecular complexity index is 300. The van der Waals surface area contributed by atoms with E-state index in [1.54, 1.807) is 0 Å². The second-order valence-corrected chi connectivity index (χ2v) is 8.33. The first-order chi connectivity index (χ1) is 7.15. The average Bonchev–Trinajstić information content (AvgIpc) is 2.79. The predicted molar refractivity (Wildman–Crippen MR) is 70.9 cm³/mol. The first kappa shape index (κ1) is 11.1. The quantitative estimate of drug-likeness (QED) is 0.486. The zero-order valence-corrected chi connectivity index (χ0v) is 12.8. The molecule has 3 fully saturated rings. The van der Waals surface area contributed by atoms with Crippen molar-refractivity contribution in [3.63, 3.8) is 0 Å². The number of hydrogen-bond donors (Lipinski definition) is 0.